The normalized spacial score (nSPS) is 14.2. The van der Waals surface area contributed by atoms with E-state index in [1.807, 2.05) is 12.3 Å². The van der Waals surface area contributed by atoms with Crippen LogP contribution >= 0.6 is 0 Å². The summed E-state index contributed by atoms with van der Waals surface area (Å²) < 4.78 is 0. The van der Waals surface area contributed by atoms with Crippen molar-refractivity contribution in [3.8, 4) is 0 Å². The summed E-state index contributed by atoms with van der Waals surface area (Å²) in [4.78, 5) is 13.7. The fraction of sp³-hybridized carbons (Fsp3) is 0.471. The van der Waals surface area contributed by atoms with E-state index >= 15 is 0 Å². The Labute approximate surface area is 126 Å². The first kappa shape index (κ1) is 14.0. The molecule has 0 atom stereocenters. The van der Waals surface area contributed by atoms with Gasteiger partial charge in [0.05, 0.1) is 5.69 Å². The fourth-order valence-electron chi connectivity index (χ4n) is 2.39. The van der Waals surface area contributed by atoms with Crippen LogP contribution in [0.4, 0.5) is 5.82 Å². The van der Waals surface area contributed by atoms with Gasteiger partial charge in [-0.15, -0.1) is 0 Å². The summed E-state index contributed by atoms with van der Waals surface area (Å²) in [5, 5.41) is 3.45. The van der Waals surface area contributed by atoms with Crippen LogP contribution in [0.2, 0.25) is 0 Å². The van der Waals surface area contributed by atoms with Crippen LogP contribution in [-0.4, -0.2) is 21.5 Å². The van der Waals surface area contributed by atoms with Gasteiger partial charge in [-0.25, -0.2) is 9.97 Å². The Morgan fingerprint density at radius 1 is 1.29 bits per heavy atom. The van der Waals surface area contributed by atoms with Gasteiger partial charge in [-0.1, -0.05) is 13.0 Å². The van der Waals surface area contributed by atoms with Crippen LogP contribution in [0.1, 0.15) is 54.7 Å². The van der Waals surface area contributed by atoms with Crippen molar-refractivity contribution in [2.75, 3.05) is 11.9 Å². The molecular formula is C17H22N4. The number of anilines is 1. The molecule has 110 valence electrons. The molecule has 3 rings (SSSR count). The van der Waals surface area contributed by atoms with Crippen LogP contribution < -0.4 is 5.32 Å². The van der Waals surface area contributed by atoms with Gasteiger partial charge in [0.2, 0.25) is 0 Å². The van der Waals surface area contributed by atoms with E-state index in [9.17, 15) is 0 Å². The van der Waals surface area contributed by atoms with Crippen LogP contribution in [-0.2, 0) is 6.42 Å². The zero-order valence-electron chi connectivity index (χ0n) is 12.8. The zero-order valence-corrected chi connectivity index (χ0v) is 12.8. The maximum atomic E-state index is 4.82. The average molecular weight is 282 g/mol. The molecule has 0 bridgehead atoms. The van der Waals surface area contributed by atoms with E-state index in [1.54, 1.807) is 6.20 Å². The van der Waals surface area contributed by atoms with Crippen molar-refractivity contribution in [3.05, 3.63) is 47.2 Å². The molecule has 1 aliphatic rings. The standard InChI is InChI=1S/C17H22N4/c1-3-8-19-16-12(2)15(10-13-5-4-9-18-11-13)20-17(21-16)14-6-7-14/h4-5,9,11,14H,3,6-8,10H2,1-2H3,(H,19,20,21). The summed E-state index contributed by atoms with van der Waals surface area (Å²) in [7, 11) is 0. The minimum absolute atomic E-state index is 0.570. The minimum atomic E-state index is 0.570. The predicted molar refractivity (Wildman–Crippen MR) is 84.6 cm³/mol. The van der Waals surface area contributed by atoms with E-state index in [0.717, 1.165) is 42.3 Å². The Hall–Kier alpha value is -1.97. The second-order valence-electron chi connectivity index (χ2n) is 5.74. The topological polar surface area (TPSA) is 50.7 Å². The van der Waals surface area contributed by atoms with Gasteiger partial charge in [-0.05, 0) is 37.8 Å². The summed E-state index contributed by atoms with van der Waals surface area (Å²) in [6.07, 6.45) is 8.09. The van der Waals surface area contributed by atoms with Gasteiger partial charge in [0.25, 0.3) is 0 Å². The molecule has 4 heteroatoms. The lowest BCUT2D eigenvalue weighted by molar-refractivity contribution is 0.863. The second-order valence-corrected chi connectivity index (χ2v) is 5.74. The summed E-state index contributed by atoms with van der Waals surface area (Å²) in [5.74, 6) is 2.59. The van der Waals surface area contributed by atoms with Gasteiger partial charge in [0.1, 0.15) is 11.6 Å². The number of hydrogen-bond donors (Lipinski definition) is 1. The van der Waals surface area contributed by atoms with E-state index in [0.29, 0.717) is 5.92 Å². The lowest BCUT2D eigenvalue weighted by Gasteiger charge is -2.13. The van der Waals surface area contributed by atoms with Gasteiger partial charge in [-0.2, -0.15) is 0 Å². The number of aromatic nitrogens is 3. The third-order valence-corrected chi connectivity index (χ3v) is 3.84. The second kappa shape index (κ2) is 6.20. The van der Waals surface area contributed by atoms with Crippen molar-refractivity contribution in [2.45, 2.75) is 45.4 Å². The molecule has 2 heterocycles. The SMILES string of the molecule is CCCNc1nc(C2CC2)nc(Cc2cccnc2)c1C. The molecule has 0 aromatic carbocycles. The highest BCUT2D eigenvalue weighted by molar-refractivity contribution is 5.47. The van der Waals surface area contributed by atoms with Crippen LogP contribution in [0.15, 0.2) is 24.5 Å². The molecule has 0 saturated heterocycles. The maximum Gasteiger partial charge on any atom is 0.134 e. The van der Waals surface area contributed by atoms with Crippen molar-refractivity contribution in [2.24, 2.45) is 0 Å². The van der Waals surface area contributed by atoms with Crippen molar-refractivity contribution in [1.82, 2.24) is 15.0 Å². The monoisotopic (exact) mass is 282 g/mol. The van der Waals surface area contributed by atoms with E-state index in [2.05, 4.69) is 30.2 Å². The number of pyridine rings is 1. The Kier molecular flexibility index (Phi) is 4.13. The summed E-state index contributed by atoms with van der Waals surface area (Å²) >= 11 is 0. The molecule has 1 saturated carbocycles. The minimum Gasteiger partial charge on any atom is -0.370 e. The Morgan fingerprint density at radius 3 is 2.81 bits per heavy atom. The number of rotatable bonds is 6. The molecule has 0 radical (unpaired) electrons. The third kappa shape index (κ3) is 3.38. The van der Waals surface area contributed by atoms with Gasteiger partial charge in [0, 0.05) is 36.8 Å². The molecular weight excluding hydrogens is 260 g/mol. The van der Waals surface area contributed by atoms with E-state index in [4.69, 9.17) is 9.97 Å². The molecule has 4 nitrogen and oxygen atoms in total. The summed E-state index contributed by atoms with van der Waals surface area (Å²) in [6.45, 7) is 5.23. The van der Waals surface area contributed by atoms with Gasteiger partial charge < -0.3 is 5.32 Å². The third-order valence-electron chi connectivity index (χ3n) is 3.84. The molecule has 1 N–H and O–H groups in total. The molecule has 0 unspecified atom stereocenters. The molecule has 21 heavy (non-hydrogen) atoms. The van der Waals surface area contributed by atoms with Crippen molar-refractivity contribution < 1.29 is 0 Å². The fourth-order valence-corrected chi connectivity index (χ4v) is 2.39. The molecule has 2 aromatic heterocycles. The predicted octanol–water partition coefficient (Wildman–Crippen LogP) is 3.47. The van der Waals surface area contributed by atoms with E-state index in [-0.39, 0.29) is 0 Å². The van der Waals surface area contributed by atoms with Gasteiger partial charge in [-0.3, -0.25) is 4.98 Å². The lowest BCUT2D eigenvalue weighted by atomic mass is 10.1. The molecule has 0 aliphatic heterocycles. The Balaban J connectivity index is 1.91. The highest BCUT2D eigenvalue weighted by atomic mass is 15.0. The number of nitrogens with one attached hydrogen (secondary N) is 1. The maximum absolute atomic E-state index is 4.82. The van der Waals surface area contributed by atoms with E-state index in [1.165, 1.54) is 18.4 Å². The first-order chi connectivity index (χ1) is 10.3. The highest BCUT2D eigenvalue weighted by Gasteiger charge is 2.28. The summed E-state index contributed by atoms with van der Waals surface area (Å²) in [6, 6.07) is 4.08. The largest absolute Gasteiger partial charge is 0.370 e. The van der Waals surface area contributed by atoms with Crippen molar-refractivity contribution >= 4 is 5.82 Å². The quantitative estimate of drug-likeness (QED) is 0.881. The van der Waals surface area contributed by atoms with Crippen molar-refractivity contribution in [3.63, 3.8) is 0 Å². The smallest absolute Gasteiger partial charge is 0.134 e. The summed E-state index contributed by atoms with van der Waals surface area (Å²) in [5.41, 5.74) is 3.48. The molecule has 0 amide bonds. The van der Waals surface area contributed by atoms with Crippen molar-refractivity contribution in [1.29, 1.82) is 0 Å². The highest BCUT2D eigenvalue weighted by Crippen LogP contribution is 2.39. The molecule has 2 aromatic rings. The number of nitrogens with zero attached hydrogens (tertiary/aromatic N) is 3. The van der Waals surface area contributed by atoms with Gasteiger partial charge >= 0.3 is 0 Å². The molecule has 1 aliphatic carbocycles. The zero-order chi connectivity index (χ0) is 14.7. The first-order valence-corrected chi connectivity index (χ1v) is 7.78. The lowest BCUT2D eigenvalue weighted by Crippen LogP contribution is -2.10. The van der Waals surface area contributed by atoms with Crippen LogP contribution in [0, 0.1) is 6.92 Å². The number of hydrogen-bond acceptors (Lipinski definition) is 4. The molecule has 0 spiro atoms. The van der Waals surface area contributed by atoms with Crippen LogP contribution in [0.25, 0.3) is 0 Å². The average Bonchev–Trinajstić information content (AvgIpc) is 3.34. The van der Waals surface area contributed by atoms with Gasteiger partial charge in [0.15, 0.2) is 0 Å². The van der Waals surface area contributed by atoms with E-state index < -0.39 is 0 Å². The molecule has 1 fully saturated rings. The van der Waals surface area contributed by atoms with Crippen LogP contribution in [0.3, 0.4) is 0 Å². The Morgan fingerprint density at radius 2 is 2.14 bits per heavy atom. The Bertz CT molecular complexity index is 606. The van der Waals surface area contributed by atoms with Crippen LogP contribution in [0.5, 0.6) is 0 Å². The first-order valence-electron chi connectivity index (χ1n) is 7.78.